The second-order valence-corrected chi connectivity index (χ2v) is 7.95. The fraction of sp³-hybridized carbons (Fsp3) is 0.292. The van der Waals surface area contributed by atoms with Gasteiger partial charge in [0, 0.05) is 18.2 Å². The number of nitrogens with zero attached hydrogens (tertiary/aromatic N) is 2. The summed E-state index contributed by atoms with van der Waals surface area (Å²) in [6.45, 7) is 2.24. The minimum atomic E-state index is -0.780. The SMILES string of the molecule is CCCOC(=O)c1nc(-c2ccc(Cl)c(OC)c2F)nc(NCc2ccc(OC)cc2OC)c1Cl. The van der Waals surface area contributed by atoms with Crippen LogP contribution >= 0.6 is 23.2 Å². The number of methoxy groups -OCH3 is 3. The summed E-state index contributed by atoms with van der Waals surface area (Å²) in [7, 11) is 4.38. The Bertz CT molecular complexity index is 1230. The lowest BCUT2D eigenvalue weighted by Gasteiger charge is -2.15. The highest BCUT2D eigenvalue weighted by Crippen LogP contribution is 2.36. The van der Waals surface area contributed by atoms with Gasteiger partial charge in [0.2, 0.25) is 0 Å². The molecule has 0 saturated carbocycles. The Morgan fingerprint density at radius 3 is 2.49 bits per heavy atom. The van der Waals surface area contributed by atoms with Crippen LogP contribution in [0.3, 0.4) is 0 Å². The first-order valence-electron chi connectivity index (χ1n) is 10.6. The van der Waals surface area contributed by atoms with E-state index >= 15 is 4.39 Å². The molecule has 0 bridgehead atoms. The molecule has 2 aromatic carbocycles. The molecular weight excluding hydrogens is 500 g/mol. The predicted octanol–water partition coefficient (Wildman–Crippen LogP) is 5.79. The van der Waals surface area contributed by atoms with Gasteiger partial charge in [0.05, 0.1) is 38.5 Å². The molecule has 35 heavy (non-hydrogen) atoms. The maximum Gasteiger partial charge on any atom is 0.358 e. The molecule has 1 heterocycles. The van der Waals surface area contributed by atoms with Gasteiger partial charge in [0.1, 0.15) is 22.3 Å². The van der Waals surface area contributed by atoms with Crippen molar-refractivity contribution in [3.8, 4) is 28.6 Å². The number of anilines is 1. The van der Waals surface area contributed by atoms with E-state index in [1.807, 2.05) is 6.92 Å². The third kappa shape index (κ3) is 5.86. The zero-order chi connectivity index (χ0) is 25.5. The van der Waals surface area contributed by atoms with Gasteiger partial charge in [-0.15, -0.1) is 0 Å². The maximum absolute atomic E-state index is 15.1. The van der Waals surface area contributed by atoms with Gasteiger partial charge in [0.15, 0.2) is 23.1 Å². The molecule has 0 fully saturated rings. The molecule has 8 nitrogen and oxygen atoms in total. The lowest BCUT2D eigenvalue weighted by molar-refractivity contribution is 0.0498. The molecule has 3 rings (SSSR count). The van der Waals surface area contributed by atoms with Gasteiger partial charge in [-0.2, -0.15) is 0 Å². The molecule has 0 radical (unpaired) electrons. The van der Waals surface area contributed by atoms with E-state index in [1.54, 1.807) is 25.3 Å². The van der Waals surface area contributed by atoms with Crippen LogP contribution in [0, 0.1) is 5.82 Å². The van der Waals surface area contributed by atoms with E-state index in [9.17, 15) is 4.79 Å². The number of carbonyl (C=O) groups is 1. The van der Waals surface area contributed by atoms with Crippen LogP contribution in [0.4, 0.5) is 10.2 Å². The van der Waals surface area contributed by atoms with Crippen LogP contribution in [0.25, 0.3) is 11.4 Å². The van der Waals surface area contributed by atoms with Crippen molar-refractivity contribution in [3.63, 3.8) is 0 Å². The Labute approximate surface area is 212 Å². The standard InChI is InChI=1S/C24H24Cl2FN3O5/c1-5-10-35-24(31)20-18(26)23(28-12-13-6-7-14(32-2)11-17(13)33-3)30-22(29-20)15-8-9-16(25)21(34-4)19(15)27/h6-9,11H,5,10,12H2,1-4H3,(H,28,29,30). The zero-order valence-electron chi connectivity index (χ0n) is 19.6. The quantitative estimate of drug-likeness (QED) is 0.333. The van der Waals surface area contributed by atoms with Gasteiger partial charge in [0.25, 0.3) is 0 Å². The smallest absolute Gasteiger partial charge is 0.358 e. The summed E-state index contributed by atoms with van der Waals surface area (Å²) in [4.78, 5) is 21.2. The molecule has 1 N–H and O–H groups in total. The number of ether oxygens (including phenoxy) is 4. The van der Waals surface area contributed by atoms with Crippen LogP contribution in [-0.2, 0) is 11.3 Å². The van der Waals surface area contributed by atoms with Gasteiger partial charge < -0.3 is 24.3 Å². The monoisotopic (exact) mass is 523 g/mol. The second kappa shape index (κ2) is 11.9. The largest absolute Gasteiger partial charge is 0.497 e. The van der Waals surface area contributed by atoms with Crippen molar-refractivity contribution in [2.45, 2.75) is 19.9 Å². The lowest BCUT2D eigenvalue weighted by Crippen LogP contribution is -2.14. The van der Waals surface area contributed by atoms with Crippen molar-refractivity contribution in [1.29, 1.82) is 0 Å². The minimum absolute atomic E-state index is 0.0301. The molecule has 186 valence electrons. The summed E-state index contributed by atoms with van der Waals surface area (Å²) < 4.78 is 36.0. The number of benzene rings is 2. The number of esters is 1. The summed E-state index contributed by atoms with van der Waals surface area (Å²) in [6, 6.07) is 8.14. The molecule has 1 aromatic heterocycles. The number of aromatic nitrogens is 2. The average Bonchev–Trinajstić information content (AvgIpc) is 2.87. The van der Waals surface area contributed by atoms with Crippen molar-refractivity contribution in [3.05, 3.63) is 57.5 Å². The second-order valence-electron chi connectivity index (χ2n) is 7.17. The molecule has 0 unspecified atom stereocenters. The van der Waals surface area contributed by atoms with Gasteiger partial charge in [-0.25, -0.2) is 19.2 Å². The van der Waals surface area contributed by atoms with Crippen LogP contribution in [0.5, 0.6) is 17.2 Å². The van der Waals surface area contributed by atoms with Crippen molar-refractivity contribution in [2.24, 2.45) is 0 Å². The fourth-order valence-electron chi connectivity index (χ4n) is 3.15. The van der Waals surface area contributed by atoms with E-state index in [-0.39, 0.29) is 51.8 Å². The molecule has 11 heteroatoms. The summed E-state index contributed by atoms with van der Waals surface area (Å²) in [5.41, 5.74) is 0.527. The lowest BCUT2D eigenvalue weighted by atomic mass is 10.1. The van der Waals surface area contributed by atoms with E-state index in [0.29, 0.717) is 17.9 Å². The third-order valence-corrected chi connectivity index (χ3v) is 5.57. The van der Waals surface area contributed by atoms with Crippen molar-refractivity contribution in [2.75, 3.05) is 33.3 Å². The topological polar surface area (TPSA) is 91.8 Å². The highest BCUT2D eigenvalue weighted by atomic mass is 35.5. The first kappa shape index (κ1) is 26.3. The molecule has 3 aromatic rings. The van der Waals surface area contributed by atoms with E-state index < -0.39 is 11.8 Å². The highest BCUT2D eigenvalue weighted by molar-refractivity contribution is 6.35. The van der Waals surface area contributed by atoms with E-state index in [2.05, 4.69) is 15.3 Å². The summed E-state index contributed by atoms with van der Waals surface area (Å²) in [5, 5.41) is 3.08. The molecule has 0 amide bonds. The van der Waals surface area contributed by atoms with E-state index in [4.69, 9.17) is 42.1 Å². The molecule has 0 atom stereocenters. The van der Waals surface area contributed by atoms with Crippen molar-refractivity contribution < 1.29 is 28.1 Å². The summed E-state index contributed by atoms with van der Waals surface area (Å²) in [5.74, 6) is -0.514. The van der Waals surface area contributed by atoms with Crippen LogP contribution in [-0.4, -0.2) is 43.9 Å². The van der Waals surface area contributed by atoms with Gasteiger partial charge in [-0.3, -0.25) is 0 Å². The van der Waals surface area contributed by atoms with E-state index in [1.165, 1.54) is 26.4 Å². The molecule has 0 aliphatic heterocycles. The number of carbonyl (C=O) groups excluding carboxylic acids is 1. The Balaban J connectivity index is 2.07. The Morgan fingerprint density at radius 2 is 1.83 bits per heavy atom. The number of halogens is 3. The fourth-order valence-corrected chi connectivity index (χ4v) is 3.60. The average molecular weight is 524 g/mol. The number of hydrogen-bond acceptors (Lipinski definition) is 8. The molecule has 0 saturated heterocycles. The predicted molar refractivity (Wildman–Crippen MR) is 131 cm³/mol. The Hall–Kier alpha value is -3.30. The van der Waals surface area contributed by atoms with Crippen LogP contribution in [0.1, 0.15) is 29.4 Å². The number of nitrogens with one attached hydrogen (secondary N) is 1. The van der Waals surface area contributed by atoms with Crippen molar-refractivity contribution >= 4 is 35.0 Å². The highest BCUT2D eigenvalue weighted by Gasteiger charge is 2.24. The number of hydrogen-bond donors (Lipinski definition) is 1. The van der Waals surface area contributed by atoms with Gasteiger partial charge in [-0.1, -0.05) is 30.1 Å². The van der Waals surface area contributed by atoms with Crippen LogP contribution < -0.4 is 19.5 Å². The first-order chi connectivity index (χ1) is 16.8. The van der Waals surface area contributed by atoms with Gasteiger partial charge >= 0.3 is 5.97 Å². The summed E-state index contributed by atoms with van der Waals surface area (Å²) >= 11 is 12.5. The number of rotatable bonds is 10. The molecule has 0 aliphatic rings. The third-order valence-electron chi connectivity index (χ3n) is 4.92. The normalized spacial score (nSPS) is 10.6. The van der Waals surface area contributed by atoms with E-state index in [0.717, 1.165) is 5.56 Å². The first-order valence-corrected chi connectivity index (χ1v) is 11.3. The maximum atomic E-state index is 15.1. The van der Waals surface area contributed by atoms with Crippen molar-refractivity contribution in [1.82, 2.24) is 9.97 Å². The Kier molecular flexibility index (Phi) is 8.95. The van der Waals surface area contributed by atoms with Crippen LogP contribution in [0.15, 0.2) is 30.3 Å². The molecule has 0 spiro atoms. The van der Waals surface area contributed by atoms with Crippen LogP contribution in [0.2, 0.25) is 10.0 Å². The zero-order valence-corrected chi connectivity index (χ0v) is 21.1. The molecule has 0 aliphatic carbocycles. The molecular formula is C24H24Cl2FN3O5. The van der Waals surface area contributed by atoms with Gasteiger partial charge in [-0.05, 0) is 30.7 Å². The minimum Gasteiger partial charge on any atom is -0.497 e. The Morgan fingerprint density at radius 1 is 1.06 bits per heavy atom. The summed E-state index contributed by atoms with van der Waals surface area (Å²) in [6.07, 6.45) is 0.604.